The highest BCUT2D eigenvalue weighted by Gasteiger charge is 2.13. The van der Waals surface area contributed by atoms with Gasteiger partial charge in [0.15, 0.2) is 5.11 Å². The maximum absolute atomic E-state index is 5.25. The lowest BCUT2D eigenvalue weighted by molar-refractivity contribution is 0.412. The Morgan fingerprint density at radius 3 is 2.60 bits per heavy atom. The molecule has 0 aromatic heterocycles. The zero-order valence-electron chi connectivity index (χ0n) is 12.1. The summed E-state index contributed by atoms with van der Waals surface area (Å²) in [6.45, 7) is 2.15. The highest BCUT2D eigenvalue weighted by Crippen LogP contribution is 2.17. The van der Waals surface area contributed by atoms with Gasteiger partial charge in [0.25, 0.3) is 0 Å². The molecule has 1 aromatic carbocycles. The number of benzene rings is 1. The van der Waals surface area contributed by atoms with Crippen LogP contribution >= 0.6 is 12.2 Å². The van der Waals surface area contributed by atoms with E-state index in [0.29, 0.717) is 11.2 Å². The van der Waals surface area contributed by atoms with E-state index >= 15 is 0 Å². The maximum atomic E-state index is 5.25. The molecule has 20 heavy (non-hydrogen) atoms. The fourth-order valence-corrected chi connectivity index (χ4v) is 2.69. The number of nitrogens with one attached hydrogen (secondary N) is 2. The predicted molar refractivity (Wildman–Crippen MR) is 89.2 cm³/mol. The third-order valence-corrected chi connectivity index (χ3v) is 3.92. The third-order valence-electron chi connectivity index (χ3n) is 3.71. The number of nitrogens with zero attached hydrogens (tertiary/aromatic N) is 1. The summed E-state index contributed by atoms with van der Waals surface area (Å²) in [6, 6.07) is 8.91. The molecule has 1 aliphatic carbocycles. The van der Waals surface area contributed by atoms with Gasteiger partial charge in [-0.2, -0.15) is 5.10 Å². The van der Waals surface area contributed by atoms with Gasteiger partial charge in [0, 0.05) is 6.04 Å². The molecule has 0 amide bonds. The van der Waals surface area contributed by atoms with Gasteiger partial charge in [-0.15, -0.1) is 0 Å². The van der Waals surface area contributed by atoms with Crippen molar-refractivity contribution in [2.75, 3.05) is 0 Å². The Labute approximate surface area is 126 Å². The number of thiocarbonyl (C=S) groups is 1. The number of hydrazone groups is 1. The lowest BCUT2D eigenvalue weighted by Gasteiger charge is -2.23. The highest BCUT2D eigenvalue weighted by atomic mass is 32.1. The third kappa shape index (κ3) is 4.93. The molecule has 0 heterocycles. The quantitative estimate of drug-likeness (QED) is 0.507. The van der Waals surface area contributed by atoms with Crippen molar-refractivity contribution in [3.63, 3.8) is 0 Å². The van der Waals surface area contributed by atoms with E-state index in [1.165, 1.54) is 37.7 Å². The van der Waals surface area contributed by atoms with E-state index in [9.17, 15) is 0 Å². The molecule has 1 aliphatic rings. The molecule has 0 atom stereocenters. The van der Waals surface area contributed by atoms with Crippen LogP contribution in [0.2, 0.25) is 0 Å². The van der Waals surface area contributed by atoms with Crippen molar-refractivity contribution in [1.82, 2.24) is 10.7 Å². The van der Waals surface area contributed by atoms with Gasteiger partial charge in [0.1, 0.15) is 0 Å². The first-order valence-corrected chi connectivity index (χ1v) is 7.87. The Morgan fingerprint density at radius 2 is 1.95 bits per heavy atom. The molecular formula is C16H23N3S. The summed E-state index contributed by atoms with van der Waals surface area (Å²) >= 11 is 5.25. The Kier molecular flexibility index (Phi) is 5.99. The fourth-order valence-electron chi connectivity index (χ4n) is 2.47. The molecule has 4 heteroatoms. The van der Waals surface area contributed by atoms with Gasteiger partial charge in [-0.1, -0.05) is 50.5 Å². The van der Waals surface area contributed by atoms with Crippen molar-refractivity contribution in [3.8, 4) is 0 Å². The van der Waals surface area contributed by atoms with E-state index in [4.69, 9.17) is 12.2 Å². The van der Waals surface area contributed by atoms with Crippen LogP contribution in [0.15, 0.2) is 29.4 Å². The zero-order valence-corrected chi connectivity index (χ0v) is 12.9. The first kappa shape index (κ1) is 15.0. The van der Waals surface area contributed by atoms with Gasteiger partial charge in [0.05, 0.1) is 6.21 Å². The molecule has 2 N–H and O–H groups in total. The number of aryl methyl sites for hydroxylation is 1. The van der Waals surface area contributed by atoms with Crippen molar-refractivity contribution >= 4 is 23.5 Å². The summed E-state index contributed by atoms with van der Waals surface area (Å²) in [7, 11) is 0. The van der Waals surface area contributed by atoms with E-state index in [1.54, 1.807) is 6.21 Å². The lowest BCUT2D eigenvalue weighted by Crippen LogP contribution is -2.40. The summed E-state index contributed by atoms with van der Waals surface area (Å²) in [5.41, 5.74) is 5.31. The van der Waals surface area contributed by atoms with Crippen LogP contribution in [0.5, 0.6) is 0 Å². The van der Waals surface area contributed by atoms with Crippen molar-refractivity contribution in [2.45, 2.75) is 51.5 Å². The number of rotatable bonds is 4. The molecule has 0 spiro atoms. The minimum Gasteiger partial charge on any atom is -0.359 e. The van der Waals surface area contributed by atoms with Crippen LogP contribution in [-0.4, -0.2) is 17.4 Å². The lowest BCUT2D eigenvalue weighted by atomic mass is 9.96. The summed E-state index contributed by atoms with van der Waals surface area (Å²) in [6.07, 6.45) is 9.23. The maximum Gasteiger partial charge on any atom is 0.187 e. The second-order valence-electron chi connectivity index (χ2n) is 5.27. The molecule has 0 radical (unpaired) electrons. The van der Waals surface area contributed by atoms with Crippen LogP contribution in [0.4, 0.5) is 0 Å². The molecule has 108 valence electrons. The summed E-state index contributed by atoms with van der Waals surface area (Å²) in [5.74, 6) is 0. The molecule has 3 nitrogen and oxygen atoms in total. The van der Waals surface area contributed by atoms with E-state index in [-0.39, 0.29) is 0 Å². The molecule has 1 fully saturated rings. The van der Waals surface area contributed by atoms with Crippen LogP contribution in [0, 0.1) is 0 Å². The van der Waals surface area contributed by atoms with Gasteiger partial charge in [0.2, 0.25) is 0 Å². The van der Waals surface area contributed by atoms with E-state index in [2.05, 4.69) is 47.0 Å². The minimum absolute atomic E-state index is 0.516. The van der Waals surface area contributed by atoms with Gasteiger partial charge < -0.3 is 5.32 Å². The predicted octanol–water partition coefficient (Wildman–Crippen LogP) is 3.38. The molecule has 2 rings (SSSR count). The Bertz CT molecular complexity index is 447. The monoisotopic (exact) mass is 289 g/mol. The molecule has 0 saturated heterocycles. The SMILES string of the molecule is CCc1ccc(C=NNC(=S)NC2CCCCC2)cc1. The summed E-state index contributed by atoms with van der Waals surface area (Å²) in [5, 5.41) is 8.14. The van der Waals surface area contributed by atoms with Crippen molar-refractivity contribution in [3.05, 3.63) is 35.4 Å². The van der Waals surface area contributed by atoms with Crippen molar-refractivity contribution in [1.29, 1.82) is 0 Å². The molecule has 1 aromatic rings. The Balaban J connectivity index is 1.75. The summed E-state index contributed by atoms with van der Waals surface area (Å²) < 4.78 is 0. The highest BCUT2D eigenvalue weighted by molar-refractivity contribution is 7.80. The molecular weight excluding hydrogens is 266 g/mol. The molecule has 0 aliphatic heterocycles. The van der Waals surface area contributed by atoms with E-state index in [0.717, 1.165) is 12.0 Å². The molecule has 0 unspecified atom stereocenters. The first-order valence-electron chi connectivity index (χ1n) is 7.46. The second-order valence-corrected chi connectivity index (χ2v) is 5.68. The van der Waals surface area contributed by atoms with Crippen LogP contribution < -0.4 is 10.7 Å². The zero-order chi connectivity index (χ0) is 14.2. The van der Waals surface area contributed by atoms with Crippen LogP contribution in [0.1, 0.15) is 50.2 Å². The van der Waals surface area contributed by atoms with Gasteiger partial charge in [-0.25, -0.2) is 0 Å². The average molecular weight is 289 g/mol. The van der Waals surface area contributed by atoms with Crippen molar-refractivity contribution < 1.29 is 0 Å². The number of hydrogen-bond acceptors (Lipinski definition) is 2. The van der Waals surface area contributed by atoms with Crippen molar-refractivity contribution in [2.24, 2.45) is 5.10 Å². The van der Waals surface area contributed by atoms with Gasteiger partial charge >= 0.3 is 0 Å². The Morgan fingerprint density at radius 1 is 1.25 bits per heavy atom. The summed E-state index contributed by atoms with van der Waals surface area (Å²) in [4.78, 5) is 0. The topological polar surface area (TPSA) is 36.4 Å². The minimum atomic E-state index is 0.516. The Hall–Kier alpha value is -1.42. The van der Waals surface area contributed by atoms with Crippen LogP contribution in [-0.2, 0) is 6.42 Å². The largest absolute Gasteiger partial charge is 0.359 e. The fraction of sp³-hybridized carbons (Fsp3) is 0.500. The smallest absolute Gasteiger partial charge is 0.187 e. The average Bonchev–Trinajstić information content (AvgIpc) is 2.49. The van der Waals surface area contributed by atoms with E-state index < -0.39 is 0 Å². The standard InChI is InChI=1S/C16H23N3S/c1-2-13-8-10-14(11-9-13)12-17-19-16(20)18-15-6-4-3-5-7-15/h8-12,15H,2-7H2,1H3,(H2,18,19,20). The second kappa shape index (κ2) is 8.00. The normalized spacial score (nSPS) is 16.2. The van der Waals surface area contributed by atoms with Gasteiger partial charge in [-0.3, -0.25) is 5.43 Å². The first-order chi connectivity index (χ1) is 9.78. The molecule has 0 bridgehead atoms. The number of hydrogen-bond donors (Lipinski definition) is 2. The van der Waals surface area contributed by atoms with Crippen LogP contribution in [0.25, 0.3) is 0 Å². The molecule has 1 saturated carbocycles. The van der Waals surface area contributed by atoms with E-state index in [1.807, 2.05) is 0 Å². The van der Waals surface area contributed by atoms with Crippen LogP contribution in [0.3, 0.4) is 0 Å². The van der Waals surface area contributed by atoms with Gasteiger partial charge in [-0.05, 0) is 42.6 Å².